The standard InChI is InChI=1S/C10H21NO/c1-5-10(4,11)9(12)7-6-8(2)3/h8H,5-7,11H2,1-4H3. The highest BCUT2D eigenvalue weighted by atomic mass is 16.1. The first-order chi connectivity index (χ1) is 5.40. The molecule has 2 heteroatoms. The van der Waals surface area contributed by atoms with E-state index >= 15 is 0 Å². The van der Waals surface area contributed by atoms with Gasteiger partial charge in [0.1, 0.15) is 0 Å². The molecule has 12 heavy (non-hydrogen) atoms. The van der Waals surface area contributed by atoms with E-state index in [0.717, 1.165) is 12.8 Å². The van der Waals surface area contributed by atoms with Crippen LogP contribution in [-0.4, -0.2) is 11.3 Å². The summed E-state index contributed by atoms with van der Waals surface area (Å²) >= 11 is 0. The highest BCUT2D eigenvalue weighted by molar-refractivity contribution is 5.87. The lowest BCUT2D eigenvalue weighted by Gasteiger charge is -2.21. The Balaban J connectivity index is 3.88. The summed E-state index contributed by atoms with van der Waals surface area (Å²) in [7, 11) is 0. The van der Waals surface area contributed by atoms with Crippen LogP contribution in [0.1, 0.15) is 47.0 Å². The highest BCUT2D eigenvalue weighted by Gasteiger charge is 2.24. The molecular formula is C10H21NO. The number of Topliss-reactive ketones (excluding diaryl/α,β-unsaturated/α-hetero) is 1. The molecular weight excluding hydrogens is 150 g/mol. The molecule has 0 fully saturated rings. The minimum absolute atomic E-state index is 0.193. The summed E-state index contributed by atoms with van der Waals surface area (Å²) in [5.41, 5.74) is 5.19. The van der Waals surface area contributed by atoms with Crippen molar-refractivity contribution in [2.45, 2.75) is 52.5 Å². The van der Waals surface area contributed by atoms with Crippen LogP contribution in [0.15, 0.2) is 0 Å². The second-order valence-electron chi connectivity index (χ2n) is 4.13. The minimum Gasteiger partial charge on any atom is -0.319 e. The van der Waals surface area contributed by atoms with Crippen molar-refractivity contribution in [3.8, 4) is 0 Å². The zero-order valence-corrected chi connectivity index (χ0v) is 8.68. The molecule has 0 aromatic carbocycles. The Morgan fingerprint density at radius 1 is 1.50 bits per heavy atom. The summed E-state index contributed by atoms with van der Waals surface area (Å²) in [5.74, 6) is 0.778. The van der Waals surface area contributed by atoms with Gasteiger partial charge in [-0.15, -0.1) is 0 Å². The van der Waals surface area contributed by atoms with Gasteiger partial charge in [0.25, 0.3) is 0 Å². The first-order valence-corrected chi connectivity index (χ1v) is 4.72. The van der Waals surface area contributed by atoms with Crippen LogP contribution in [-0.2, 0) is 4.79 Å². The van der Waals surface area contributed by atoms with Crippen LogP contribution >= 0.6 is 0 Å². The second kappa shape index (κ2) is 4.61. The van der Waals surface area contributed by atoms with E-state index in [9.17, 15) is 4.79 Å². The Bertz CT molecular complexity index is 150. The summed E-state index contributed by atoms with van der Waals surface area (Å²) in [6, 6.07) is 0. The monoisotopic (exact) mass is 171 g/mol. The van der Waals surface area contributed by atoms with Crippen LogP contribution in [0.4, 0.5) is 0 Å². The third-order valence-corrected chi connectivity index (χ3v) is 2.32. The number of carbonyl (C=O) groups excluding carboxylic acids is 1. The van der Waals surface area contributed by atoms with Crippen molar-refractivity contribution >= 4 is 5.78 Å². The molecule has 2 nitrogen and oxygen atoms in total. The van der Waals surface area contributed by atoms with Crippen molar-refractivity contribution < 1.29 is 4.79 Å². The normalized spacial score (nSPS) is 16.2. The number of nitrogens with two attached hydrogens (primary N) is 1. The molecule has 0 aliphatic rings. The molecule has 0 bridgehead atoms. The van der Waals surface area contributed by atoms with E-state index in [-0.39, 0.29) is 5.78 Å². The van der Waals surface area contributed by atoms with Crippen molar-refractivity contribution in [1.29, 1.82) is 0 Å². The fourth-order valence-corrected chi connectivity index (χ4v) is 0.902. The van der Waals surface area contributed by atoms with Crippen molar-refractivity contribution in [2.75, 3.05) is 0 Å². The Labute approximate surface area is 75.5 Å². The van der Waals surface area contributed by atoms with E-state index in [1.807, 2.05) is 13.8 Å². The summed E-state index contributed by atoms with van der Waals surface area (Å²) in [4.78, 5) is 11.5. The predicted octanol–water partition coefficient (Wildman–Crippen LogP) is 2.12. The van der Waals surface area contributed by atoms with Crippen LogP contribution in [0.2, 0.25) is 0 Å². The fraction of sp³-hybridized carbons (Fsp3) is 0.900. The predicted molar refractivity (Wildman–Crippen MR) is 52.0 cm³/mol. The molecule has 0 radical (unpaired) electrons. The van der Waals surface area contributed by atoms with Gasteiger partial charge in [0.15, 0.2) is 5.78 Å². The Hall–Kier alpha value is -0.370. The van der Waals surface area contributed by atoms with Gasteiger partial charge in [-0.05, 0) is 25.7 Å². The second-order valence-corrected chi connectivity index (χ2v) is 4.13. The molecule has 0 amide bonds. The van der Waals surface area contributed by atoms with Crippen LogP contribution in [0.3, 0.4) is 0 Å². The van der Waals surface area contributed by atoms with Crippen LogP contribution in [0.25, 0.3) is 0 Å². The SMILES string of the molecule is CCC(C)(N)C(=O)CCC(C)C. The minimum atomic E-state index is -0.602. The lowest BCUT2D eigenvalue weighted by molar-refractivity contribution is -0.124. The van der Waals surface area contributed by atoms with Crippen LogP contribution in [0.5, 0.6) is 0 Å². The molecule has 0 heterocycles. The van der Waals surface area contributed by atoms with Gasteiger partial charge in [-0.3, -0.25) is 4.79 Å². The largest absolute Gasteiger partial charge is 0.319 e. The number of hydrogen-bond acceptors (Lipinski definition) is 2. The molecule has 0 aliphatic carbocycles. The van der Waals surface area contributed by atoms with E-state index in [0.29, 0.717) is 12.3 Å². The van der Waals surface area contributed by atoms with E-state index in [4.69, 9.17) is 5.73 Å². The average Bonchev–Trinajstić information content (AvgIpc) is 2.00. The quantitative estimate of drug-likeness (QED) is 0.688. The van der Waals surface area contributed by atoms with E-state index in [2.05, 4.69) is 13.8 Å². The molecule has 1 atom stereocenters. The molecule has 0 saturated carbocycles. The molecule has 0 aromatic rings. The smallest absolute Gasteiger partial charge is 0.152 e. The summed E-state index contributed by atoms with van der Waals surface area (Å²) in [5, 5.41) is 0. The van der Waals surface area contributed by atoms with Crippen molar-refractivity contribution in [2.24, 2.45) is 11.7 Å². The number of rotatable bonds is 5. The maximum atomic E-state index is 11.5. The first-order valence-electron chi connectivity index (χ1n) is 4.72. The van der Waals surface area contributed by atoms with E-state index < -0.39 is 5.54 Å². The Morgan fingerprint density at radius 3 is 2.33 bits per heavy atom. The van der Waals surface area contributed by atoms with Crippen molar-refractivity contribution in [3.05, 3.63) is 0 Å². The highest BCUT2D eigenvalue weighted by Crippen LogP contribution is 2.13. The average molecular weight is 171 g/mol. The molecule has 0 saturated heterocycles. The fourth-order valence-electron chi connectivity index (χ4n) is 0.902. The lowest BCUT2D eigenvalue weighted by Crippen LogP contribution is -2.44. The maximum Gasteiger partial charge on any atom is 0.152 e. The zero-order chi connectivity index (χ0) is 9.78. The van der Waals surface area contributed by atoms with Gasteiger partial charge >= 0.3 is 0 Å². The molecule has 2 N–H and O–H groups in total. The number of ketones is 1. The Morgan fingerprint density at radius 2 is 2.00 bits per heavy atom. The summed E-state index contributed by atoms with van der Waals surface area (Å²) in [6.07, 6.45) is 2.30. The van der Waals surface area contributed by atoms with Gasteiger partial charge in [0.2, 0.25) is 0 Å². The van der Waals surface area contributed by atoms with Gasteiger partial charge in [0.05, 0.1) is 5.54 Å². The van der Waals surface area contributed by atoms with Gasteiger partial charge in [-0.1, -0.05) is 20.8 Å². The number of carbonyl (C=O) groups is 1. The van der Waals surface area contributed by atoms with Gasteiger partial charge in [-0.2, -0.15) is 0 Å². The molecule has 0 aromatic heterocycles. The van der Waals surface area contributed by atoms with E-state index in [1.165, 1.54) is 0 Å². The molecule has 1 unspecified atom stereocenters. The summed E-state index contributed by atoms with van der Waals surface area (Å²) < 4.78 is 0. The van der Waals surface area contributed by atoms with Crippen LogP contribution in [0, 0.1) is 5.92 Å². The maximum absolute atomic E-state index is 11.5. The number of hydrogen-bond donors (Lipinski definition) is 1. The van der Waals surface area contributed by atoms with E-state index in [1.54, 1.807) is 0 Å². The molecule has 72 valence electrons. The first kappa shape index (κ1) is 11.6. The zero-order valence-electron chi connectivity index (χ0n) is 8.68. The van der Waals surface area contributed by atoms with Gasteiger partial charge in [-0.25, -0.2) is 0 Å². The van der Waals surface area contributed by atoms with Crippen molar-refractivity contribution in [3.63, 3.8) is 0 Å². The summed E-state index contributed by atoms with van der Waals surface area (Å²) in [6.45, 7) is 8.00. The molecule has 0 rings (SSSR count). The topological polar surface area (TPSA) is 43.1 Å². The van der Waals surface area contributed by atoms with Gasteiger partial charge in [0, 0.05) is 6.42 Å². The van der Waals surface area contributed by atoms with Gasteiger partial charge < -0.3 is 5.73 Å². The third kappa shape index (κ3) is 3.86. The lowest BCUT2D eigenvalue weighted by atomic mass is 9.90. The Kier molecular flexibility index (Phi) is 4.46. The van der Waals surface area contributed by atoms with Crippen LogP contribution < -0.4 is 5.73 Å². The third-order valence-electron chi connectivity index (χ3n) is 2.32. The molecule has 0 aliphatic heterocycles. The molecule has 0 spiro atoms. The van der Waals surface area contributed by atoms with Crippen molar-refractivity contribution in [1.82, 2.24) is 0 Å².